The van der Waals surface area contributed by atoms with Gasteiger partial charge in [-0.2, -0.15) is 0 Å². The molecule has 3 aromatic rings. The van der Waals surface area contributed by atoms with E-state index in [1.54, 1.807) is 25.3 Å². The fraction of sp³-hybridized carbons (Fsp3) is 0.333. The van der Waals surface area contributed by atoms with E-state index in [0.717, 1.165) is 30.4 Å². The zero-order chi connectivity index (χ0) is 25.9. The first kappa shape index (κ1) is 26.8. The molecule has 36 heavy (non-hydrogen) atoms. The van der Waals surface area contributed by atoms with E-state index < -0.39 is 6.17 Å². The number of nitrogens with one attached hydrogen (secondary N) is 2. The van der Waals surface area contributed by atoms with E-state index in [0.29, 0.717) is 34.8 Å². The van der Waals surface area contributed by atoms with Crippen LogP contribution in [0.1, 0.15) is 76.2 Å². The molecule has 0 bridgehead atoms. The molecule has 3 aromatic carbocycles. The van der Waals surface area contributed by atoms with Crippen LogP contribution in [0.4, 0.5) is 0 Å². The zero-order valence-corrected chi connectivity index (χ0v) is 21.6. The second kappa shape index (κ2) is 13.3. The number of unbranched alkanes of at least 4 members (excludes halogenated alkanes) is 3. The highest BCUT2D eigenvalue weighted by molar-refractivity contribution is 5.97. The summed E-state index contributed by atoms with van der Waals surface area (Å²) in [6.07, 6.45) is 3.58. The number of hydrogen-bond donors (Lipinski definition) is 2. The van der Waals surface area contributed by atoms with E-state index in [1.807, 2.05) is 62.4 Å². The Balaban J connectivity index is 1.87. The molecule has 0 aliphatic carbocycles. The quantitative estimate of drug-likeness (QED) is 0.238. The minimum absolute atomic E-state index is 0.286. The highest BCUT2D eigenvalue weighted by Crippen LogP contribution is 2.30. The molecule has 0 saturated heterocycles. The molecule has 3 rings (SSSR count). The largest absolute Gasteiger partial charge is 0.493 e. The Morgan fingerprint density at radius 2 is 1.39 bits per heavy atom. The summed E-state index contributed by atoms with van der Waals surface area (Å²) in [7, 11) is 1.59. The number of ether oxygens (including phenoxy) is 2. The number of benzene rings is 3. The summed E-state index contributed by atoms with van der Waals surface area (Å²) in [5, 5.41) is 5.95. The third-order valence-electron chi connectivity index (χ3n) is 5.89. The summed E-state index contributed by atoms with van der Waals surface area (Å²) in [4.78, 5) is 26.2. The van der Waals surface area contributed by atoms with E-state index in [1.165, 1.54) is 6.42 Å². The molecule has 0 saturated carbocycles. The summed E-state index contributed by atoms with van der Waals surface area (Å²) in [5.74, 6) is 0.603. The van der Waals surface area contributed by atoms with Crippen molar-refractivity contribution in [1.29, 1.82) is 0 Å². The summed E-state index contributed by atoms with van der Waals surface area (Å²) in [6, 6.07) is 20.1. The normalized spacial score (nSPS) is 10.7. The van der Waals surface area contributed by atoms with Crippen LogP contribution in [-0.2, 0) is 0 Å². The number of carbonyl (C=O) groups excluding carboxylic acids is 2. The molecule has 6 nitrogen and oxygen atoms in total. The van der Waals surface area contributed by atoms with Crippen LogP contribution in [0.3, 0.4) is 0 Å². The Hall–Kier alpha value is -3.80. The van der Waals surface area contributed by atoms with Crippen molar-refractivity contribution in [2.24, 2.45) is 0 Å². The van der Waals surface area contributed by atoms with Crippen molar-refractivity contribution in [3.8, 4) is 11.5 Å². The van der Waals surface area contributed by atoms with Crippen LogP contribution < -0.4 is 20.1 Å². The Labute approximate surface area is 214 Å². The number of amides is 2. The maximum Gasteiger partial charge on any atom is 0.253 e. The summed E-state index contributed by atoms with van der Waals surface area (Å²) >= 11 is 0. The highest BCUT2D eigenvalue weighted by atomic mass is 16.5. The summed E-state index contributed by atoms with van der Waals surface area (Å²) < 4.78 is 11.5. The van der Waals surface area contributed by atoms with Gasteiger partial charge in [0.1, 0.15) is 6.17 Å². The summed E-state index contributed by atoms with van der Waals surface area (Å²) in [5.41, 5.74) is 3.68. The van der Waals surface area contributed by atoms with Gasteiger partial charge in [0.2, 0.25) is 0 Å². The standard InChI is InChI=1S/C30H36N2O4/c1-5-6-7-8-17-36-27-20-23(15-16-26(27)35-4)28(31-29(33)24-13-9-11-21(2)18-24)32-30(34)25-14-10-12-22(3)19-25/h9-16,18-20,28H,5-8,17H2,1-4H3,(H,31,33)(H,32,34). The van der Waals surface area contributed by atoms with E-state index >= 15 is 0 Å². The first-order chi connectivity index (χ1) is 17.4. The maximum atomic E-state index is 13.1. The van der Waals surface area contributed by atoms with Crippen molar-refractivity contribution in [2.45, 2.75) is 52.6 Å². The predicted molar refractivity (Wildman–Crippen MR) is 143 cm³/mol. The Morgan fingerprint density at radius 1 is 0.778 bits per heavy atom. The fourth-order valence-corrected chi connectivity index (χ4v) is 3.90. The molecule has 0 fully saturated rings. The van der Waals surface area contributed by atoms with Crippen LogP contribution in [0.15, 0.2) is 66.7 Å². The second-order valence-corrected chi connectivity index (χ2v) is 8.94. The molecule has 2 amide bonds. The molecule has 0 aliphatic rings. The Bertz CT molecular complexity index is 1120. The molecular weight excluding hydrogens is 452 g/mol. The van der Waals surface area contributed by atoms with Crippen LogP contribution in [0.2, 0.25) is 0 Å². The molecule has 190 valence electrons. The van der Waals surface area contributed by atoms with Crippen LogP contribution in [0.5, 0.6) is 11.5 Å². The number of rotatable bonds is 12. The van der Waals surface area contributed by atoms with Crippen LogP contribution >= 0.6 is 0 Å². The molecule has 0 radical (unpaired) electrons. The van der Waals surface area contributed by atoms with Gasteiger partial charge in [-0.1, -0.05) is 67.6 Å². The minimum atomic E-state index is -0.778. The lowest BCUT2D eigenvalue weighted by molar-refractivity contribution is 0.0883. The van der Waals surface area contributed by atoms with Crippen molar-refractivity contribution < 1.29 is 19.1 Å². The number of hydrogen-bond acceptors (Lipinski definition) is 4. The number of aryl methyl sites for hydroxylation is 2. The Kier molecular flexibility index (Phi) is 9.92. The van der Waals surface area contributed by atoms with Crippen molar-refractivity contribution in [3.05, 3.63) is 94.5 Å². The number of carbonyl (C=O) groups is 2. The lowest BCUT2D eigenvalue weighted by Gasteiger charge is -2.22. The summed E-state index contributed by atoms with van der Waals surface area (Å²) in [6.45, 7) is 6.60. The molecule has 2 N–H and O–H groups in total. The SMILES string of the molecule is CCCCCCOc1cc(C(NC(=O)c2cccc(C)c2)NC(=O)c2cccc(C)c2)ccc1OC. The third kappa shape index (κ3) is 7.60. The minimum Gasteiger partial charge on any atom is -0.493 e. The first-order valence-corrected chi connectivity index (χ1v) is 12.5. The van der Waals surface area contributed by atoms with Crippen LogP contribution in [-0.4, -0.2) is 25.5 Å². The van der Waals surface area contributed by atoms with Crippen molar-refractivity contribution in [1.82, 2.24) is 10.6 Å². The first-order valence-electron chi connectivity index (χ1n) is 12.5. The maximum absolute atomic E-state index is 13.1. The molecule has 0 atom stereocenters. The lowest BCUT2D eigenvalue weighted by atomic mass is 10.1. The van der Waals surface area contributed by atoms with E-state index in [-0.39, 0.29) is 11.8 Å². The average Bonchev–Trinajstić information content (AvgIpc) is 2.88. The van der Waals surface area contributed by atoms with Gasteiger partial charge in [-0.05, 0) is 62.2 Å². The van der Waals surface area contributed by atoms with E-state index in [4.69, 9.17) is 9.47 Å². The van der Waals surface area contributed by atoms with Gasteiger partial charge in [0, 0.05) is 11.1 Å². The molecule has 6 heteroatoms. The topological polar surface area (TPSA) is 76.7 Å². The van der Waals surface area contributed by atoms with E-state index in [9.17, 15) is 9.59 Å². The van der Waals surface area contributed by atoms with Gasteiger partial charge in [0.25, 0.3) is 11.8 Å². The zero-order valence-electron chi connectivity index (χ0n) is 21.6. The molecule has 0 heterocycles. The third-order valence-corrected chi connectivity index (χ3v) is 5.89. The second-order valence-electron chi connectivity index (χ2n) is 8.94. The van der Waals surface area contributed by atoms with Gasteiger partial charge in [0.05, 0.1) is 13.7 Å². The monoisotopic (exact) mass is 488 g/mol. The van der Waals surface area contributed by atoms with Gasteiger partial charge in [-0.15, -0.1) is 0 Å². The number of methoxy groups -OCH3 is 1. The van der Waals surface area contributed by atoms with Gasteiger partial charge < -0.3 is 20.1 Å². The molecule has 0 unspecified atom stereocenters. The Morgan fingerprint density at radius 3 is 1.92 bits per heavy atom. The van der Waals surface area contributed by atoms with Gasteiger partial charge in [-0.3, -0.25) is 9.59 Å². The highest BCUT2D eigenvalue weighted by Gasteiger charge is 2.21. The van der Waals surface area contributed by atoms with Crippen molar-refractivity contribution in [2.75, 3.05) is 13.7 Å². The van der Waals surface area contributed by atoms with Crippen LogP contribution in [0.25, 0.3) is 0 Å². The van der Waals surface area contributed by atoms with Gasteiger partial charge in [-0.25, -0.2) is 0 Å². The smallest absolute Gasteiger partial charge is 0.253 e. The van der Waals surface area contributed by atoms with Crippen molar-refractivity contribution >= 4 is 11.8 Å². The molecule has 0 spiro atoms. The fourth-order valence-electron chi connectivity index (χ4n) is 3.90. The molecular formula is C30H36N2O4. The average molecular weight is 489 g/mol. The van der Waals surface area contributed by atoms with E-state index in [2.05, 4.69) is 17.6 Å². The lowest BCUT2D eigenvalue weighted by Crippen LogP contribution is -2.41. The predicted octanol–water partition coefficient (Wildman–Crippen LogP) is 6.13. The van der Waals surface area contributed by atoms with Crippen molar-refractivity contribution in [3.63, 3.8) is 0 Å². The van der Waals surface area contributed by atoms with Gasteiger partial charge in [0.15, 0.2) is 11.5 Å². The van der Waals surface area contributed by atoms with Crippen LogP contribution in [0, 0.1) is 13.8 Å². The molecule has 0 aromatic heterocycles. The molecule has 0 aliphatic heterocycles. The van der Waals surface area contributed by atoms with Gasteiger partial charge >= 0.3 is 0 Å².